The van der Waals surface area contributed by atoms with Gasteiger partial charge in [0.2, 0.25) is 0 Å². The van der Waals surface area contributed by atoms with E-state index >= 15 is 0 Å². The van der Waals surface area contributed by atoms with Crippen LogP contribution in [0.4, 0.5) is 5.69 Å². The Morgan fingerprint density at radius 1 is 1.04 bits per heavy atom. The lowest BCUT2D eigenvalue weighted by molar-refractivity contribution is 0.588. The molecule has 0 unspecified atom stereocenters. The van der Waals surface area contributed by atoms with Crippen molar-refractivity contribution in [2.24, 2.45) is 0 Å². The van der Waals surface area contributed by atoms with Gasteiger partial charge < -0.3 is 4.42 Å². The summed E-state index contributed by atoms with van der Waals surface area (Å²) in [5.74, 6) is 0. The van der Waals surface area contributed by atoms with Gasteiger partial charge in [-0.1, -0.05) is 54.7 Å². The van der Waals surface area contributed by atoms with Crippen molar-refractivity contribution in [1.82, 2.24) is 0 Å². The lowest BCUT2D eigenvalue weighted by Crippen LogP contribution is -2.13. The first-order chi connectivity index (χ1) is 12.5. The Labute approximate surface area is 153 Å². The second-order valence-electron chi connectivity index (χ2n) is 5.85. The molecule has 0 radical (unpaired) electrons. The van der Waals surface area contributed by atoms with Gasteiger partial charge in [0.25, 0.3) is 10.0 Å². The molecular weight excluding hydrogens is 370 g/mol. The van der Waals surface area contributed by atoms with Crippen LogP contribution in [0.25, 0.3) is 21.1 Å². The number of benzene rings is 3. The molecule has 1 aromatic heterocycles. The fourth-order valence-corrected chi connectivity index (χ4v) is 4.69. The number of hydrogen-bond acceptors (Lipinski definition) is 5. The first-order valence-electron chi connectivity index (χ1n) is 8.05. The third kappa shape index (κ3) is 2.89. The quantitative estimate of drug-likeness (QED) is 0.566. The lowest BCUT2D eigenvalue weighted by atomic mass is 10.1. The van der Waals surface area contributed by atoms with Gasteiger partial charge in [0.1, 0.15) is 0 Å². The monoisotopic (exact) mass is 385 g/mol. The molecule has 0 saturated heterocycles. The molecule has 0 fully saturated rings. The van der Waals surface area contributed by atoms with E-state index in [4.69, 9.17) is 4.42 Å². The predicted octanol–water partition coefficient (Wildman–Crippen LogP) is 4.37. The zero-order chi connectivity index (χ0) is 18.3. The highest BCUT2D eigenvalue weighted by atomic mass is 32.2. The molecular formula is C19H15NO4S2. The number of fused-ring (bicyclic) bond motifs is 3. The molecule has 4 aromatic rings. The molecule has 7 heteroatoms. The molecule has 132 valence electrons. The van der Waals surface area contributed by atoms with E-state index in [0.717, 1.165) is 23.3 Å². The zero-order valence-electron chi connectivity index (χ0n) is 13.9. The minimum Gasteiger partial charge on any atom is -0.413 e. The van der Waals surface area contributed by atoms with E-state index in [1.807, 2.05) is 19.1 Å². The summed E-state index contributed by atoms with van der Waals surface area (Å²) in [5, 5.41) is 1.37. The zero-order valence-corrected chi connectivity index (χ0v) is 15.5. The summed E-state index contributed by atoms with van der Waals surface area (Å²) < 4.78 is 34.1. The molecule has 0 atom stereocenters. The number of nitrogens with one attached hydrogen (secondary N) is 1. The third-order valence-corrected chi connectivity index (χ3v) is 6.38. The van der Waals surface area contributed by atoms with Crippen molar-refractivity contribution in [3.05, 3.63) is 69.9 Å². The van der Waals surface area contributed by atoms with E-state index in [2.05, 4.69) is 4.72 Å². The van der Waals surface area contributed by atoms with Crippen molar-refractivity contribution in [1.29, 1.82) is 0 Å². The molecule has 0 aliphatic heterocycles. The van der Waals surface area contributed by atoms with E-state index in [1.165, 1.54) is 0 Å². The number of anilines is 1. The minimum absolute atomic E-state index is 0.194. The Balaban J connectivity index is 1.86. The maximum Gasteiger partial charge on any atom is 0.396 e. The molecule has 0 aliphatic carbocycles. The van der Waals surface area contributed by atoms with Crippen molar-refractivity contribution >= 4 is 48.1 Å². The molecule has 0 aliphatic rings. The molecule has 3 aromatic carbocycles. The second kappa shape index (κ2) is 6.26. The standard InChI is InChI=1S/C19H15NO4S2/c1-2-12-7-9-13(10-8-12)26(22,23)20-16-11-17-18(24-19(21)25-17)15-6-4-3-5-14(15)16/h3-11,20H,2H2,1H3. The van der Waals surface area contributed by atoms with Gasteiger partial charge in [-0.2, -0.15) is 0 Å². The Morgan fingerprint density at radius 2 is 1.73 bits per heavy atom. The minimum atomic E-state index is -3.75. The van der Waals surface area contributed by atoms with Gasteiger partial charge in [-0.05, 0) is 30.2 Å². The van der Waals surface area contributed by atoms with Crippen LogP contribution in [0, 0.1) is 0 Å². The van der Waals surface area contributed by atoms with Crippen molar-refractivity contribution < 1.29 is 12.8 Å². The Kier molecular flexibility index (Phi) is 4.05. The van der Waals surface area contributed by atoms with Crippen LogP contribution in [0.5, 0.6) is 0 Å². The normalized spacial score (nSPS) is 11.9. The van der Waals surface area contributed by atoms with E-state index in [-0.39, 0.29) is 4.90 Å². The van der Waals surface area contributed by atoms with E-state index in [1.54, 1.807) is 42.5 Å². The summed E-state index contributed by atoms with van der Waals surface area (Å²) >= 11 is 0.951. The Morgan fingerprint density at radius 3 is 2.42 bits per heavy atom. The Hall–Kier alpha value is -2.64. The summed E-state index contributed by atoms with van der Waals surface area (Å²) in [6, 6.07) is 15.7. The fraction of sp³-hybridized carbons (Fsp3) is 0.105. The highest BCUT2D eigenvalue weighted by Gasteiger charge is 2.18. The highest BCUT2D eigenvalue weighted by Crippen LogP contribution is 2.34. The van der Waals surface area contributed by atoms with Crippen LogP contribution in [-0.2, 0) is 16.4 Å². The molecule has 0 saturated carbocycles. The van der Waals surface area contributed by atoms with Crippen LogP contribution in [0.15, 0.2) is 68.7 Å². The predicted molar refractivity (Wildman–Crippen MR) is 104 cm³/mol. The lowest BCUT2D eigenvalue weighted by Gasteiger charge is -2.11. The van der Waals surface area contributed by atoms with Crippen molar-refractivity contribution in [3.63, 3.8) is 0 Å². The summed E-state index contributed by atoms with van der Waals surface area (Å²) in [6.07, 6.45) is 0.842. The van der Waals surface area contributed by atoms with Crippen LogP contribution >= 0.6 is 11.3 Å². The summed E-state index contributed by atoms with van der Waals surface area (Å²) in [6.45, 7) is 2.01. The van der Waals surface area contributed by atoms with E-state index < -0.39 is 15.0 Å². The molecule has 1 N–H and O–H groups in total. The van der Waals surface area contributed by atoms with E-state index in [0.29, 0.717) is 26.7 Å². The third-order valence-electron chi connectivity index (χ3n) is 4.23. The molecule has 26 heavy (non-hydrogen) atoms. The van der Waals surface area contributed by atoms with E-state index in [9.17, 15) is 13.2 Å². The Bertz CT molecular complexity index is 1270. The average molecular weight is 385 g/mol. The van der Waals surface area contributed by atoms with Crippen LogP contribution in [0.3, 0.4) is 0 Å². The molecule has 4 rings (SSSR count). The van der Waals surface area contributed by atoms with Gasteiger partial charge in [0.15, 0.2) is 5.58 Å². The van der Waals surface area contributed by atoms with Gasteiger partial charge in [0, 0.05) is 10.8 Å². The number of hydrogen-bond donors (Lipinski definition) is 1. The molecule has 5 nitrogen and oxygen atoms in total. The molecule has 1 heterocycles. The van der Waals surface area contributed by atoms with Gasteiger partial charge >= 0.3 is 4.94 Å². The average Bonchev–Trinajstić information content (AvgIpc) is 3.02. The van der Waals surface area contributed by atoms with Crippen LogP contribution in [-0.4, -0.2) is 8.42 Å². The van der Waals surface area contributed by atoms with Crippen molar-refractivity contribution in [2.45, 2.75) is 18.2 Å². The SMILES string of the molecule is CCc1ccc(S(=O)(=O)Nc2cc3sc(=O)oc3c3ccccc23)cc1. The number of rotatable bonds is 4. The topological polar surface area (TPSA) is 76.4 Å². The van der Waals surface area contributed by atoms with Crippen molar-refractivity contribution in [3.8, 4) is 0 Å². The van der Waals surface area contributed by atoms with Crippen LogP contribution < -0.4 is 9.66 Å². The van der Waals surface area contributed by atoms with Gasteiger partial charge in [-0.3, -0.25) is 4.72 Å². The number of aryl methyl sites for hydroxylation is 1. The smallest absolute Gasteiger partial charge is 0.396 e. The second-order valence-corrected chi connectivity index (χ2v) is 8.51. The first-order valence-corrected chi connectivity index (χ1v) is 10.3. The van der Waals surface area contributed by atoms with Gasteiger partial charge in [0.05, 0.1) is 15.3 Å². The van der Waals surface area contributed by atoms with Crippen molar-refractivity contribution in [2.75, 3.05) is 4.72 Å². The maximum atomic E-state index is 12.8. The summed E-state index contributed by atoms with van der Waals surface area (Å²) in [4.78, 5) is 11.4. The molecule has 0 amide bonds. The highest BCUT2D eigenvalue weighted by molar-refractivity contribution is 7.92. The fourth-order valence-electron chi connectivity index (χ4n) is 2.89. The summed E-state index contributed by atoms with van der Waals surface area (Å²) in [5.41, 5.74) is 1.97. The summed E-state index contributed by atoms with van der Waals surface area (Å²) in [7, 11) is -3.75. The van der Waals surface area contributed by atoms with Gasteiger partial charge in [-0.15, -0.1) is 0 Å². The largest absolute Gasteiger partial charge is 0.413 e. The number of sulfonamides is 1. The molecule has 0 bridgehead atoms. The first kappa shape index (κ1) is 16.8. The maximum absolute atomic E-state index is 12.8. The van der Waals surface area contributed by atoms with Crippen LogP contribution in [0.2, 0.25) is 0 Å². The van der Waals surface area contributed by atoms with Crippen LogP contribution in [0.1, 0.15) is 12.5 Å². The molecule has 0 spiro atoms. The van der Waals surface area contributed by atoms with Gasteiger partial charge in [-0.25, -0.2) is 13.2 Å².